The molecule has 0 aliphatic rings. The van der Waals surface area contributed by atoms with Crippen LogP contribution in [-0.4, -0.2) is 59.9 Å². The van der Waals surface area contributed by atoms with Gasteiger partial charge in [-0.25, -0.2) is 9.59 Å². The van der Waals surface area contributed by atoms with E-state index in [1.54, 1.807) is 52.8 Å². The van der Waals surface area contributed by atoms with Crippen LogP contribution >= 0.6 is 0 Å². The van der Waals surface area contributed by atoms with Gasteiger partial charge in [0.15, 0.2) is 0 Å². The van der Waals surface area contributed by atoms with Crippen molar-refractivity contribution < 1.29 is 33.8 Å². The third kappa shape index (κ3) is 13.0. The Labute approximate surface area is 229 Å². The summed E-state index contributed by atoms with van der Waals surface area (Å²) < 4.78 is 10.6. The lowest BCUT2D eigenvalue weighted by Gasteiger charge is -2.27. The van der Waals surface area contributed by atoms with Gasteiger partial charge in [0.25, 0.3) is 0 Å². The van der Waals surface area contributed by atoms with Gasteiger partial charge in [-0.2, -0.15) is 0 Å². The van der Waals surface area contributed by atoms with Crippen LogP contribution < -0.4 is 27.0 Å². The van der Waals surface area contributed by atoms with E-state index in [0.717, 1.165) is 0 Å². The highest BCUT2D eigenvalue weighted by atomic mass is 16.6. The number of carbonyl (C=O) groups excluding carboxylic acids is 4. The number of amides is 5. The molecule has 5 amide bonds. The van der Waals surface area contributed by atoms with Crippen LogP contribution in [0.15, 0.2) is 18.2 Å². The molecule has 7 N–H and O–H groups in total. The molecule has 0 saturated carbocycles. The Hall–Kier alpha value is -3.82. The molecule has 0 saturated heterocycles. The first-order valence-corrected chi connectivity index (χ1v) is 12.6. The predicted molar refractivity (Wildman–Crippen MR) is 146 cm³/mol. The number of benzene rings is 1. The Bertz CT molecular complexity index is 1030. The van der Waals surface area contributed by atoms with Gasteiger partial charge in [-0.3, -0.25) is 9.59 Å². The maximum atomic E-state index is 13.2. The van der Waals surface area contributed by atoms with Crippen molar-refractivity contribution in [2.75, 3.05) is 18.5 Å². The lowest BCUT2D eigenvalue weighted by atomic mass is 10.0. The highest BCUT2D eigenvalue weighted by molar-refractivity contribution is 5.98. The molecule has 0 aromatic heterocycles. The van der Waals surface area contributed by atoms with Gasteiger partial charge in [-0.1, -0.05) is 25.8 Å². The van der Waals surface area contributed by atoms with Gasteiger partial charge >= 0.3 is 12.1 Å². The molecular formula is C27H41N5O7. The third-order valence-corrected chi connectivity index (χ3v) is 5.31. The van der Waals surface area contributed by atoms with Crippen molar-refractivity contribution in [2.24, 2.45) is 11.7 Å². The summed E-state index contributed by atoms with van der Waals surface area (Å²) in [7, 11) is 0. The maximum Gasteiger partial charge on any atom is 0.408 e. The van der Waals surface area contributed by atoms with Crippen molar-refractivity contribution in [3.8, 4) is 12.3 Å². The highest BCUT2D eigenvalue weighted by Gasteiger charge is 2.30. The molecule has 0 unspecified atom stereocenters. The van der Waals surface area contributed by atoms with E-state index in [9.17, 15) is 24.3 Å². The minimum absolute atomic E-state index is 0.0866. The molecule has 39 heavy (non-hydrogen) atoms. The average molecular weight is 548 g/mol. The summed E-state index contributed by atoms with van der Waals surface area (Å²) in [5, 5.41) is 20.1. The van der Waals surface area contributed by atoms with Gasteiger partial charge in [0, 0.05) is 12.2 Å². The number of carbonyl (C=O) groups is 4. The normalized spacial score (nSPS) is 12.6. The fourth-order valence-electron chi connectivity index (χ4n) is 3.46. The fourth-order valence-corrected chi connectivity index (χ4v) is 3.46. The van der Waals surface area contributed by atoms with Crippen molar-refractivity contribution >= 4 is 29.6 Å². The molecule has 216 valence electrons. The molecule has 0 heterocycles. The zero-order chi connectivity index (χ0) is 29.6. The Balaban J connectivity index is 3.07. The number of primary amides is 1. The molecule has 0 spiro atoms. The molecule has 0 aliphatic carbocycles. The highest BCUT2D eigenvalue weighted by Crippen LogP contribution is 2.18. The van der Waals surface area contributed by atoms with E-state index in [1.165, 1.54) is 0 Å². The molecule has 12 nitrogen and oxygen atoms in total. The molecule has 0 fully saturated rings. The second-order valence-electron chi connectivity index (χ2n) is 10.2. The molecule has 0 radical (unpaired) electrons. The number of aliphatic hydroxyl groups excluding tert-OH is 1. The molecule has 1 rings (SSSR count). The first-order valence-electron chi connectivity index (χ1n) is 12.6. The summed E-state index contributed by atoms with van der Waals surface area (Å²) in [6, 6.07) is 2.23. The minimum atomic E-state index is -1.01. The topological polar surface area (TPSA) is 181 Å². The van der Waals surface area contributed by atoms with Crippen LogP contribution in [0.3, 0.4) is 0 Å². The van der Waals surface area contributed by atoms with Gasteiger partial charge in [-0.15, -0.1) is 6.42 Å². The van der Waals surface area contributed by atoms with E-state index < -0.39 is 41.6 Å². The maximum absolute atomic E-state index is 13.2. The van der Waals surface area contributed by atoms with Crippen molar-refractivity contribution in [3.05, 3.63) is 29.3 Å². The SMILES string of the molecule is C#CCOCc1cc(NC(=O)[C@H](CCCNC(N)=O)NC(=O)[C@@H](NC(=O)OC(C)(C)C)C(C)C)ccc1CO. The van der Waals surface area contributed by atoms with E-state index in [4.69, 9.17) is 21.6 Å². The van der Waals surface area contributed by atoms with Crippen LogP contribution in [-0.2, 0) is 32.3 Å². The van der Waals surface area contributed by atoms with Crippen LogP contribution in [0, 0.1) is 18.3 Å². The van der Waals surface area contributed by atoms with E-state index in [2.05, 4.69) is 27.2 Å². The lowest BCUT2D eigenvalue weighted by molar-refractivity contribution is -0.128. The van der Waals surface area contributed by atoms with E-state index in [0.29, 0.717) is 23.2 Å². The minimum Gasteiger partial charge on any atom is -0.444 e. The Morgan fingerprint density at radius 3 is 2.36 bits per heavy atom. The van der Waals surface area contributed by atoms with Crippen molar-refractivity contribution in [1.29, 1.82) is 0 Å². The number of terminal acetylenes is 1. The molecule has 1 aromatic rings. The number of urea groups is 1. The zero-order valence-corrected chi connectivity index (χ0v) is 23.3. The zero-order valence-electron chi connectivity index (χ0n) is 23.3. The summed E-state index contributed by atoms with van der Waals surface area (Å²) >= 11 is 0. The Kier molecular flexibility index (Phi) is 13.8. The van der Waals surface area contributed by atoms with Crippen LogP contribution in [0.4, 0.5) is 15.3 Å². The van der Waals surface area contributed by atoms with Gasteiger partial charge in [-0.05, 0) is 62.8 Å². The molecule has 0 bridgehead atoms. The van der Waals surface area contributed by atoms with Gasteiger partial charge < -0.3 is 41.6 Å². The molecule has 2 atom stereocenters. The number of ether oxygens (including phenoxy) is 2. The number of alkyl carbamates (subject to hydrolysis) is 1. The fraction of sp³-hybridized carbons (Fsp3) is 0.556. The third-order valence-electron chi connectivity index (χ3n) is 5.31. The number of aliphatic hydroxyl groups is 1. The standard InChI is InChI=1S/C27H41N5O7/c1-7-13-38-16-19-14-20(11-10-18(19)15-33)30-23(34)21(9-8-12-29-25(28)36)31-24(35)22(17(2)3)32-26(37)39-27(4,5)6/h1,10-11,14,17,21-22,33H,8-9,12-13,15-16H2,2-6H3,(H,30,34)(H,31,35)(H,32,37)(H3,28,29,36)/t21-,22-/m0/s1. The monoisotopic (exact) mass is 547 g/mol. The average Bonchev–Trinajstić information content (AvgIpc) is 2.83. The summed E-state index contributed by atoms with van der Waals surface area (Å²) in [4.78, 5) is 49.7. The first kappa shape index (κ1) is 33.2. The number of hydrogen-bond donors (Lipinski definition) is 6. The van der Waals surface area contributed by atoms with Crippen LogP contribution in [0.5, 0.6) is 0 Å². The smallest absolute Gasteiger partial charge is 0.408 e. The number of nitrogens with two attached hydrogens (primary N) is 1. The van der Waals surface area contributed by atoms with Crippen molar-refractivity contribution in [2.45, 2.75) is 78.4 Å². The molecule has 0 aliphatic heterocycles. The number of nitrogens with one attached hydrogen (secondary N) is 4. The van der Waals surface area contributed by atoms with Crippen LogP contribution in [0.2, 0.25) is 0 Å². The van der Waals surface area contributed by atoms with Crippen LogP contribution in [0.25, 0.3) is 0 Å². The Morgan fingerprint density at radius 2 is 1.79 bits per heavy atom. The number of hydrogen-bond acceptors (Lipinski definition) is 7. The van der Waals surface area contributed by atoms with Gasteiger partial charge in [0.05, 0.1) is 13.2 Å². The Morgan fingerprint density at radius 1 is 1.10 bits per heavy atom. The largest absolute Gasteiger partial charge is 0.444 e. The molecule has 1 aromatic carbocycles. The van der Waals surface area contributed by atoms with Crippen molar-refractivity contribution in [1.82, 2.24) is 16.0 Å². The lowest BCUT2D eigenvalue weighted by Crippen LogP contribution is -2.55. The predicted octanol–water partition coefficient (Wildman–Crippen LogP) is 1.75. The molecule has 12 heteroatoms. The number of anilines is 1. The van der Waals surface area contributed by atoms with Gasteiger partial charge in [0.2, 0.25) is 11.8 Å². The molecular weight excluding hydrogens is 506 g/mol. The number of rotatable bonds is 14. The second kappa shape index (κ2) is 16.2. The van der Waals surface area contributed by atoms with E-state index >= 15 is 0 Å². The van der Waals surface area contributed by atoms with Gasteiger partial charge in [0.1, 0.15) is 24.3 Å². The van der Waals surface area contributed by atoms with E-state index in [-0.39, 0.29) is 38.7 Å². The first-order chi connectivity index (χ1) is 18.3. The summed E-state index contributed by atoms with van der Waals surface area (Å²) in [5.74, 6) is 0.962. The summed E-state index contributed by atoms with van der Waals surface area (Å²) in [6.45, 7) is 8.81. The van der Waals surface area contributed by atoms with Crippen molar-refractivity contribution in [3.63, 3.8) is 0 Å². The quantitative estimate of drug-likeness (QED) is 0.151. The second-order valence-corrected chi connectivity index (χ2v) is 10.2. The van der Waals surface area contributed by atoms with E-state index in [1.807, 2.05) is 0 Å². The summed E-state index contributed by atoms with van der Waals surface area (Å²) in [6.07, 6.45) is 4.96. The summed E-state index contributed by atoms with van der Waals surface area (Å²) in [5.41, 5.74) is 6.01. The van der Waals surface area contributed by atoms with Crippen LogP contribution in [0.1, 0.15) is 58.6 Å².